The molecule has 3 fully saturated rings. The third kappa shape index (κ3) is 5.07. The van der Waals surface area contributed by atoms with Gasteiger partial charge in [-0.3, -0.25) is 24.5 Å². The molecule has 1 atom stereocenters. The Bertz CT molecular complexity index is 671. The molecule has 1 aliphatic carbocycles. The molecule has 152 valence electrons. The first-order valence-corrected chi connectivity index (χ1v) is 10.8. The molecule has 2 saturated heterocycles. The highest BCUT2D eigenvalue weighted by Gasteiger charge is 2.34. The second-order valence-electron chi connectivity index (χ2n) is 8.43. The van der Waals surface area contributed by atoms with Gasteiger partial charge in [0.15, 0.2) is 0 Å². The molecule has 3 heterocycles. The Kier molecular flexibility index (Phi) is 6.20. The first kappa shape index (κ1) is 19.3. The zero-order valence-corrected chi connectivity index (χ0v) is 16.6. The quantitative estimate of drug-likeness (QED) is 0.801. The molecular formula is C21H31N5O2. The van der Waals surface area contributed by atoms with Crippen LogP contribution in [0.1, 0.15) is 50.6 Å². The number of piperidine rings is 2. The van der Waals surface area contributed by atoms with E-state index in [-0.39, 0.29) is 17.7 Å². The molecule has 7 nitrogen and oxygen atoms in total. The summed E-state index contributed by atoms with van der Waals surface area (Å²) in [4.78, 5) is 37.7. The number of rotatable bonds is 6. The molecule has 7 heteroatoms. The van der Waals surface area contributed by atoms with Crippen LogP contribution in [0.3, 0.4) is 0 Å². The van der Waals surface area contributed by atoms with Gasteiger partial charge < -0.3 is 10.2 Å². The van der Waals surface area contributed by atoms with Crippen LogP contribution in [-0.4, -0.2) is 69.8 Å². The molecule has 0 radical (unpaired) electrons. The van der Waals surface area contributed by atoms with Crippen molar-refractivity contribution in [2.45, 2.75) is 63.5 Å². The number of aromatic nitrogens is 2. The standard InChI is InChI=1S/C21H31N5O2/c27-20(6-5-18-14-22-9-10-23-18)25-12-7-19(8-13-25)26-11-1-2-16(15-26)21(28)24-17-3-4-17/h9-10,14,16-17,19H,1-8,11-13,15H2,(H,24,28). The second kappa shape index (κ2) is 8.99. The molecule has 3 aliphatic rings. The van der Waals surface area contributed by atoms with Crippen molar-refractivity contribution >= 4 is 11.8 Å². The Morgan fingerprint density at radius 1 is 1.07 bits per heavy atom. The fourth-order valence-electron chi connectivity index (χ4n) is 4.43. The molecule has 2 aliphatic heterocycles. The van der Waals surface area contributed by atoms with Crippen LogP contribution in [0.5, 0.6) is 0 Å². The molecule has 1 N–H and O–H groups in total. The lowest BCUT2D eigenvalue weighted by Crippen LogP contribution is -2.51. The number of carbonyl (C=O) groups is 2. The van der Waals surface area contributed by atoms with Gasteiger partial charge in [-0.2, -0.15) is 0 Å². The molecule has 2 amide bonds. The Morgan fingerprint density at radius 3 is 2.61 bits per heavy atom. The van der Waals surface area contributed by atoms with E-state index >= 15 is 0 Å². The number of nitrogens with one attached hydrogen (secondary N) is 1. The molecule has 1 saturated carbocycles. The van der Waals surface area contributed by atoms with Crippen LogP contribution < -0.4 is 5.32 Å². The third-order valence-corrected chi connectivity index (χ3v) is 6.29. The minimum atomic E-state index is 0.140. The molecule has 28 heavy (non-hydrogen) atoms. The van der Waals surface area contributed by atoms with E-state index < -0.39 is 0 Å². The topological polar surface area (TPSA) is 78.4 Å². The van der Waals surface area contributed by atoms with Gasteiger partial charge in [-0.05, 0) is 51.5 Å². The molecule has 0 aromatic carbocycles. The molecule has 1 unspecified atom stereocenters. The molecule has 1 aromatic heterocycles. The van der Waals surface area contributed by atoms with Crippen molar-refractivity contribution in [2.24, 2.45) is 5.92 Å². The van der Waals surface area contributed by atoms with Crippen molar-refractivity contribution in [1.29, 1.82) is 0 Å². The number of likely N-dealkylation sites (tertiary alicyclic amines) is 2. The number of carbonyl (C=O) groups excluding carboxylic acids is 2. The van der Waals surface area contributed by atoms with Gasteiger partial charge in [-0.1, -0.05) is 0 Å². The number of amides is 2. The molecular weight excluding hydrogens is 354 g/mol. The van der Waals surface area contributed by atoms with E-state index in [0.29, 0.717) is 24.9 Å². The van der Waals surface area contributed by atoms with Gasteiger partial charge >= 0.3 is 0 Å². The van der Waals surface area contributed by atoms with Crippen molar-refractivity contribution in [1.82, 2.24) is 25.1 Å². The number of hydrogen-bond donors (Lipinski definition) is 1. The predicted octanol–water partition coefficient (Wildman–Crippen LogP) is 1.39. The van der Waals surface area contributed by atoms with Crippen LogP contribution in [-0.2, 0) is 16.0 Å². The summed E-state index contributed by atoms with van der Waals surface area (Å²) in [6.07, 6.45) is 12.6. The van der Waals surface area contributed by atoms with Gasteiger partial charge in [-0.15, -0.1) is 0 Å². The van der Waals surface area contributed by atoms with Crippen molar-refractivity contribution in [2.75, 3.05) is 26.2 Å². The van der Waals surface area contributed by atoms with Gasteiger partial charge in [0, 0.05) is 56.7 Å². The minimum Gasteiger partial charge on any atom is -0.353 e. The summed E-state index contributed by atoms with van der Waals surface area (Å²) < 4.78 is 0. The maximum absolute atomic E-state index is 12.5. The van der Waals surface area contributed by atoms with Crippen LogP contribution in [0.2, 0.25) is 0 Å². The lowest BCUT2D eigenvalue weighted by Gasteiger charge is -2.42. The van der Waals surface area contributed by atoms with Gasteiger partial charge in [0.2, 0.25) is 11.8 Å². The maximum Gasteiger partial charge on any atom is 0.224 e. The van der Waals surface area contributed by atoms with E-state index in [1.165, 1.54) is 0 Å². The maximum atomic E-state index is 12.5. The Hall–Kier alpha value is -2.02. The molecule has 4 rings (SSSR count). The van der Waals surface area contributed by atoms with Gasteiger partial charge in [0.1, 0.15) is 0 Å². The van der Waals surface area contributed by atoms with Gasteiger partial charge in [0.25, 0.3) is 0 Å². The minimum absolute atomic E-state index is 0.140. The van der Waals surface area contributed by atoms with Crippen molar-refractivity contribution in [3.05, 3.63) is 24.3 Å². The van der Waals surface area contributed by atoms with Crippen molar-refractivity contribution in [3.8, 4) is 0 Å². The fourth-order valence-corrected chi connectivity index (χ4v) is 4.43. The summed E-state index contributed by atoms with van der Waals surface area (Å²) >= 11 is 0. The average Bonchev–Trinajstić information content (AvgIpc) is 3.57. The Labute approximate surface area is 166 Å². The van der Waals surface area contributed by atoms with E-state index in [1.54, 1.807) is 18.6 Å². The highest BCUT2D eigenvalue weighted by atomic mass is 16.2. The summed E-state index contributed by atoms with van der Waals surface area (Å²) in [7, 11) is 0. The fraction of sp³-hybridized carbons (Fsp3) is 0.714. The van der Waals surface area contributed by atoms with E-state index in [9.17, 15) is 9.59 Å². The monoisotopic (exact) mass is 385 g/mol. The van der Waals surface area contributed by atoms with Crippen molar-refractivity contribution < 1.29 is 9.59 Å². The zero-order valence-electron chi connectivity index (χ0n) is 16.6. The molecule has 1 aromatic rings. The van der Waals surface area contributed by atoms with Crippen molar-refractivity contribution in [3.63, 3.8) is 0 Å². The van der Waals surface area contributed by atoms with Crippen LogP contribution in [0.25, 0.3) is 0 Å². The third-order valence-electron chi connectivity index (χ3n) is 6.29. The predicted molar refractivity (Wildman–Crippen MR) is 105 cm³/mol. The van der Waals surface area contributed by atoms with Crippen LogP contribution >= 0.6 is 0 Å². The van der Waals surface area contributed by atoms with Crippen LogP contribution in [0, 0.1) is 5.92 Å². The number of aryl methyl sites for hydroxylation is 1. The summed E-state index contributed by atoms with van der Waals surface area (Å²) in [5, 5.41) is 3.17. The van der Waals surface area contributed by atoms with Crippen LogP contribution in [0.4, 0.5) is 0 Å². The van der Waals surface area contributed by atoms with E-state index in [1.807, 2.05) is 4.90 Å². The lowest BCUT2D eigenvalue weighted by molar-refractivity contribution is -0.133. The SMILES string of the molecule is O=C(NC1CC1)C1CCCN(C2CCN(C(=O)CCc3cnccn3)CC2)C1. The average molecular weight is 386 g/mol. The largest absolute Gasteiger partial charge is 0.353 e. The highest BCUT2D eigenvalue weighted by molar-refractivity contribution is 5.79. The smallest absolute Gasteiger partial charge is 0.224 e. The molecule has 0 bridgehead atoms. The first-order chi connectivity index (χ1) is 13.7. The van der Waals surface area contributed by atoms with Crippen LogP contribution in [0.15, 0.2) is 18.6 Å². The zero-order chi connectivity index (χ0) is 19.3. The summed E-state index contributed by atoms with van der Waals surface area (Å²) in [6.45, 7) is 3.60. The van der Waals surface area contributed by atoms with Gasteiger partial charge in [-0.25, -0.2) is 0 Å². The first-order valence-electron chi connectivity index (χ1n) is 10.8. The Morgan fingerprint density at radius 2 is 1.89 bits per heavy atom. The summed E-state index contributed by atoms with van der Waals surface area (Å²) in [5.41, 5.74) is 0.870. The Balaban J connectivity index is 1.21. The van der Waals surface area contributed by atoms with E-state index in [2.05, 4.69) is 20.2 Å². The number of hydrogen-bond acceptors (Lipinski definition) is 5. The van der Waals surface area contributed by atoms with Gasteiger partial charge in [0.05, 0.1) is 11.6 Å². The lowest BCUT2D eigenvalue weighted by atomic mass is 9.93. The second-order valence-corrected chi connectivity index (χ2v) is 8.43. The normalized spacial score (nSPS) is 24.1. The summed E-state index contributed by atoms with van der Waals surface area (Å²) in [6, 6.07) is 0.944. The molecule has 0 spiro atoms. The number of nitrogens with zero attached hydrogens (tertiary/aromatic N) is 4. The highest BCUT2D eigenvalue weighted by Crippen LogP contribution is 2.26. The van der Waals surface area contributed by atoms with E-state index in [0.717, 1.165) is 70.4 Å². The van der Waals surface area contributed by atoms with E-state index in [4.69, 9.17) is 0 Å². The summed E-state index contributed by atoms with van der Waals surface area (Å²) in [5.74, 6) is 0.606.